The van der Waals surface area contributed by atoms with Crippen LogP contribution in [-0.4, -0.2) is 11.5 Å². The van der Waals surface area contributed by atoms with Gasteiger partial charge in [0.2, 0.25) is 0 Å². The SMILES string of the molecule is C[C@@H](Nc1ccc([N+](=O)[O-])cc1C#N)c1ccc(OC(F)F)cc1. The second-order valence-corrected chi connectivity index (χ2v) is 4.91. The van der Waals surface area contributed by atoms with Crippen LogP contribution in [0.5, 0.6) is 5.75 Å². The Hall–Kier alpha value is -3.21. The highest BCUT2D eigenvalue weighted by molar-refractivity contribution is 5.62. The van der Waals surface area contributed by atoms with Gasteiger partial charge in [-0.05, 0) is 30.7 Å². The van der Waals surface area contributed by atoms with Gasteiger partial charge in [0.15, 0.2) is 0 Å². The quantitative estimate of drug-likeness (QED) is 0.631. The third-order valence-corrected chi connectivity index (χ3v) is 3.31. The number of nitro groups is 1. The number of anilines is 1. The van der Waals surface area contributed by atoms with Gasteiger partial charge in [0.25, 0.3) is 5.69 Å². The van der Waals surface area contributed by atoms with E-state index in [2.05, 4.69) is 10.1 Å². The standard InChI is InChI=1S/C16H13F2N3O3/c1-10(11-2-5-14(6-3-11)24-16(17)18)20-15-7-4-13(21(22)23)8-12(15)9-19/h2-8,10,16,20H,1H3/t10-/m1/s1. The molecule has 0 aromatic heterocycles. The van der Waals surface area contributed by atoms with Gasteiger partial charge < -0.3 is 10.1 Å². The van der Waals surface area contributed by atoms with E-state index in [0.717, 1.165) is 5.56 Å². The Labute approximate surface area is 136 Å². The second-order valence-electron chi connectivity index (χ2n) is 4.91. The van der Waals surface area contributed by atoms with Crippen molar-refractivity contribution >= 4 is 11.4 Å². The molecule has 0 bridgehead atoms. The Morgan fingerprint density at radius 3 is 2.46 bits per heavy atom. The van der Waals surface area contributed by atoms with Crippen molar-refractivity contribution in [3.63, 3.8) is 0 Å². The molecule has 2 aromatic carbocycles. The fraction of sp³-hybridized carbons (Fsp3) is 0.188. The number of nitriles is 1. The molecule has 8 heteroatoms. The van der Waals surface area contributed by atoms with E-state index < -0.39 is 11.5 Å². The molecule has 2 aromatic rings. The number of non-ortho nitro benzene ring substituents is 1. The van der Waals surface area contributed by atoms with Gasteiger partial charge in [-0.3, -0.25) is 10.1 Å². The lowest BCUT2D eigenvalue weighted by Gasteiger charge is -2.17. The molecule has 0 unspecified atom stereocenters. The molecular weight excluding hydrogens is 320 g/mol. The summed E-state index contributed by atoms with van der Waals surface area (Å²) < 4.78 is 28.5. The topological polar surface area (TPSA) is 88.2 Å². The summed E-state index contributed by atoms with van der Waals surface area (Å²) in [5.74, 6) is 0.0500. The Morgan fingerprint density at radius 2 is 1.92 bits per heavy atom. The molecule has 0 amide bonds. The van der Waals surface area contributed by atoms with Crippen molar-refractivity contribution in [2.24, 2.45) is 0 Å². The molecule has 0 heterocycles. The van der Waals surface area contributed by atoms with E-state index in [-0.39, 0.29) is 23.0 Å². The first-order chi connectivity index (χ1) is 11.4. The lowest BCUT2D eigenvalue weighted by atomic mass is 10.1. The average Bonchev–Trinajstić information content (AvgIpc) is 2.55. The van der Waals surface area contributed by atoms with Crippen LogP contribution in [0.15, 0.2) is 42.5 Å². The summed E-state index contributed by atoms with van der Waals surface area (Å²) in [4.78, 5) is 10.2. The molecule has 1 atom stereocenters. The minimum absolute atomic E-state index is 0.0500. The maximum absolute atomic E-state index is 12.1. The van der Waals surface area contributed by atoms with Gasteiger partial charge in [-0.1, -0.05) is 12.1 Å². The number of ether oxygens (including phenoxy) is 1. The molecule has 0 saturated carbocycles. The molecule has 0 aliphatic carbocycles. The molecule has 0 aliphatic heterocycles. The molecule has 2 rings (SSSR count). The maximum Gasteiger partial charge on any atom is 0.387 e. The van der Waals surface area contributed by atoms with Gasteiger partial charge in [-0.25, -0.2) is 0 Å². The van der Waals surface area contributed by atoms with Gasteiger partial charge in [-0.15, -0.1) is 0 Å². The number of nitrogens with one attached hydrogen (secondary N) is 1. The highest BCUT2D eigenvalue weighted by atomic mass is 19.3. The number of hydrogen-bond donors (Lipinski definition) is 1. The zero-order chi connectivity index (χ0) is 17.7. The number of halogens is 2. The molecule has 124 valence electrons. The normalized spacial score (nSPS) is 11.6. The molecule has 0 fully saturated rings. The van der Waals surface area contributed by atoms with E-state index in [1.165, 1.54) is 30.3 Å². The van der Waals surface area contributed by atoms with Crippen LogP contribution in [0.2, 0.25) is 0 Å². The summed E-state index contributed by atoms with van der Waals surface area (Å²) in [5.41, 5.74) is 1.20. The summed E-state index contributed by atoms with van der Waals surface area (Å²) in [6.45, 7) is -1.07. The third-order valence-electron chi connectivity index (χ3n) is 3.31. The van der Waals surface area contributed by atoms with E-state index in [1.807, 2.05) is 13.0 Å². The molecule has 24 heavy (non-hydrogen) atoms. The van der Waals surface area contributed by atoms with E-state index in [4.69, 9.17) is 5.26 Å². The van der Waals surface area contributed by atoms with E-state index in [9.17, 15) is 18.9 Å². The Bertz CT molecular complexity index is 773. The minimum Gasteiger partial charge on any atom is -0.435 e. The smallest absolute Gasteiger partial charge is 0.387 e. The molecule has 1 N–H and O–H groups in total. The Kier molecular flexibility index (Phi) is 5.27. The van der Waals surface area contributed by atoms with Crippen LogP contribution in [0.3, 0.4) is 0 Å². The van der Waals surface area contributed by atoms with E-state index in [0.29, 0.717) is 5.69 Å². The van der Waals surface area contributed by atoms with Crippen LogP contribution in [0.1, 0.15) is 24.1 Å². The van der Waals surface area contributed by atoms with Crippen LogP contribution >= 0.6 is 0 Å². The van der Waals surface area contributed by atoms with Crippen molar-refractivity contribution in [1.29, 1.82) is 5.26 Å². The number of benzene rings is 2. The predicted octanol–water partition coefficient (Wildman–Crippen LogP) is 4.24. The minimum atomic E-state index is -2.88. The molecule has 0 aliphatic rings. The van der Waals surface area contributed by atoms with Gasteiger partial charge in [0.05, 0.1) is 16.2 Å². The van der Waals surface area contributed by atoms with Crippen LogP contribution in [0, 0.1) is 21.4 Å². The molecule has 6 nitrogen and oxygen atoms in total. The van der Waals surface area contributed by atoms with Crippen molar-refractivity contribution in [1.82, 2.24) is 0 Å². The van der Waals surface area contributed by atoms with Gasteiger partial charge in [0, 0.05) is 18.2 Å². The number of hydrogen-bond acceptors (Lipinski definition) is 5. The van der Waals surface area contributed by atoms with Gasteiger partial charge >= 0.3 is 6.61 Å². The van der Waals surface area contributed by atoms with Crippen molar-refractivity contribution in [3.05, 3.63) is 63.7 Å². The van der Waals surface area contributed by atoms with Crippen LogP contribution in [-0.2, 0) is 0 Å². The van der Waals surface area contributed by atoms with Crippen molar-refractivity contribution < 1.29 is 18.4 Å². The fourth-order valence-electron chi connectivity index (χ4n) is 2.12. The van der Waals surface area contributed by atoms with Crippen LogP contribution < -0.4 is 10.1 Å². The molecule has 0 saturated heterocycles. The van der Waals surface area contributed by atoms with Crippen LogP contribution in [0.25, 0.3) is 0 Å². The zero-order valence-electron chi connectivity index (χ0n) is 12.6. The summed E-state index contributed by atoms with van der Waals surface area (Å²) in [7, 11) is 0. The van der Waals surface area contributed by atoms with Crippen molar-refractivity contribution in [2.75, 3.05) is 5.32 Å². The number of rotatable bonds is 6. The lowest BCUT2D eigenvalue weighted by molar-refractivity contribution is -0.384. The van der Waals surface area contributed by atoms with Gasteiger partial charge in [0.1, 0.15) is 11.8 Å². The van der Waals surface area contributed by atoms with Gasteiger partial charge in [-0.2, -0.15) is 14.0 Å². The third kappa shape index (κ3) is 4.16. The first-order valence-electron chi connectivity index (χ1n) is 6.90. The highest BCUT2D eigenvalue weighted by Crippen LogP contribution is 2.26. The number of nitro benzene ring substituents is 1. The largest absolute Gasteiger partial charge is 0.435 e. The maximum atomic E-state index is 12.1. The fourth-order valence-corrected chi connectivity index (χ4v) is 2.12. The predicted molar refractivity (Wildman–Crippen MR) is 82.9 cm³/mol. The van der Waals surface area contributed by atoms with Crippen molar-refractivity contribution in [2.45, 2.75) is 19.6 Å². The lowest BCUT2D eigenvalue weighted by Crippen LogP contribution is -2.08. The second kappa shape index (κ2) is 7.37. The van der Waals surface area contributed by atoms with Crippen molar-refractivity contribution in [3.8, 4) is 11.8 Å². The number of nitrogens with zero attached hydrogens (tertiary/aromatic N) is 2. The first kappa shape index (κ1) is 17.1. The summed E-state index contributed by atoms with van der Waals surface area (Å²) in [6.07, 6.45) is 0. The monoisotopic (exact) mass is 333 g/mol. The molecular formula is C16H13F2N3O3. The Balaban J connectivity index is 2.16. The molecule has 0 radical (unpaired) electrons. The Morgan fingerprint density at radius 1 is 1.25 bits per heavy atom. The summed E-state index contributed by atoms with van der Waals surface area (Å²) in [6, 6.07) is 11.7. The summed E-state index contributed by atoms with van der Waals surface area (Å²) >= 11 is 0. The molecule has 0 spiro atoms. The highest BCUT2D eigenvalue weighted by Gasteiger charge is 2.13. The zero-order valence-corrected chi connectivity index (χ0v) is 12.6. The summed E-state index contributed by atoms with van der Waals surface area (Å²) in [5, 5.41) is 22.9. The van der Waals surface area contributed by atoms with E-state index in [1.54, 1.807) is 12.1 Å². The first-order valence-corrected chi connectivity index (χ1v) is 6.90. The van der Waals surface area contributed by atoms with E-state index >= 15 is 0 Å². The number of alkyl halides is 2. The van der Waals surface area contributed by atoms with Crippen LogP contribution in [0.4, 0.5) is 20.2 Å². The average molecular weight is 333 g/mol.